The molecule has 7 heteroatoms. The van der Waals surface area contributed by atoms with Crippen molar-refractivity contribution in [1.29, 1.82) is 0 Å². The van der Waals surface area contributed by atoms with Crippen molar-refractivity contribution in [1.82, 2.24) is 0 Å². The fraction of sp³-hybridized carbons (Fsp3) is 0.222. The summed E-state index contributed by atoms with van der Waals surface area (Å²) in [5.74, 6) is -3.89. The Balaban J connectivity index is 3.17. The highest BCUT2D eigenvalue weighted by Crippen LogP contribution is 2.26. The number of aliphatic hydroxyl groups excluding tert-OH is 2. The van der Waals surface area contributed by atoms with Crippen molar-refractivity contribution in [3.05, 3.63) is 29.3 Å². The van der Waals surface area contributed by atoms with Crippen LogP contribution in [0.3, 0.4) is 0 Å². The molecule has 5 nitrogen and oxygen atoms in total. The van der Waals surface area contributed by atoms with Gasteiger partial charge in [-0.1, -0.05) is 0 Å². The molecule has 0 aliphatic carbocycles. The molecule has 0 aliphatic rings. The maximum Gasteiger partial charge on any atom is 0.335 e. The number of halogens is 2. The molecule has 0 fully saturated rings. The summed E-state index contributed by atoms with van der Waals surface area (Å²) in [7, 11) is 0. The van der Waals surface area contributed by atoms with E-state index >= 15 is 0 Å². The molecule has 0 spiro atoms. The summed E-state index contributed by atoms with van der Waals surface area (Å²) < 4.78 is 25.8. The second-order valence-corrected chi connectivity index (χ2v) is 3.12. The molecule has 1 aromatic carbocycles. The molecule has 0 radical (unpaired) electrons. The first kappa shape index (κ1) is 12.3. The minimum atomic E-state index is -2.21. The Morgan fingerprint density at radius 2 is 1.88 bits per heavy atom. The Kier molecular flexibility index (Phi) is 3.41. The summed E-state index contributed by atoms with van der Waals surface area (Å²) in [6, 6.07) is 1.15. The average molecular weight is 233 g/mol. The quantitative estimate of drug-likeness (QED) is 0.551. The summed E-state index contributed by atoms with van der Waals surface area (Å²) in [6.07, 6.45) is -4.20. The van der Waals surface area contributed by atoms with Gasteiger partial charge in [0.2, 0.25) is 0 Å². The van der Waals surface area contributed by atoms with Gasteiger partial charge in [-0.3, -0.25) is 0 Å². The highest BCUT2D eigenvalue weighted by atomic mass is 19.1. The third-order valence-corrected chi connectivity index (χ3v) is 2.00. The summed E-state index contributed by atoms with van der Waals surface area (Å²) in [5.41, 5.74) is 4.07. The van der Waals surface area contributed by atoms with E-state index < -0.39 is 41.1 Å². The maximum atomic E-state index is 13.0. The summed E-state index contributed by atoms with van der Waals surface area (Å²) in [4.78, 5) is 10.4. The molecule has 0 amide bonds. The monoisotopic (exact) mass is 233 g/mol. The number of anilines is 1. The van der Waals surface area contributed by atoms with Gasteiger partial charge < -0.3 is 21.1 Å². The molecule has 1 aromatic rings. The first-order valence-electron chi connectivity index (χ1n) is 4.18. The first-order chi connectivity index (χ1) is 7.34. The number of rotatable bonds is 3. The van der Waals surface area contributed by atoms with Crippen LogP contribution in [0.15, 0.2) is 12.1 Å². The van der Waals surface area contributed by atoms with Gasteiger partial charge in [-0.15, -0.1) is 0 Å². The third-order valence-electron chi connectivity index (χ3n) is 2.00. The number of hydrogen-bond donors (Lipinski definition) is 4. The van der Waals surface area contributed by atoms with Crippen LogP contribution in [-0.4, -0.2) is 27.4 Å². The van der Waals surface area contributed by atoms with Crippen LogP contribution in [0.1, 0.15) is 11.7 Å². The lowest BCUT2D eigenvalue weighted by molar-refractivity contribution is -0.153. The molecule has 0 aliphatic heterocycles. The van der Waals surface area contributed by atoms with E-state index in [0.29, 0.717) is 12.1 Å². The highest BCUT2D eigenvalue weighted by Gasteiger charge is 2.28. The predicted molar refractivity (Wildman–Crippen MR) is 49.4 cm³/mol. The van der Waals surface area contributed by atoms with Gasteiger partial charge in [-0.05, 0) is 6.07 Å². The van der Waals surface area contributed by atoms with Crippen LogP contribution in [0.5, 0.6) is 0 Å². The Bertz CT molecular complexity index is 424. The Labute approximate surface area is 88.7 Å². The van der Waals surface area contributed by atoms with E-state index in [9.17, 15) is 18.7 Å². The van der Waals surface area contributed by atoms with Crippen molar-refractivity contribution in [3.63, 3.8) is 0 Å². The zero-order valence-electron chi connectivity index (χ0n) is 7.89. The molecule has 16 heavy (non-hydrogen) atoms. The van der Waals surface area contributed by atoms with Crippen LogP contribution < -0.4 is 5.73 Å². The number of benzene rings is 1. The van der Waals surface area contributed by atoms with Crippen molar-refractivity contribution in [2.45, 2.75) is 12.2 Å². The van der Waals surface area contributed by atoms with Crippen molar-refractivity contribution >= 4 is 11.7 Å². The molecule has 0 heterocycles. The van der Waals surface area contributed by atoms with Crippen molar-refractivity contribution in [2.75, 3.05) is 5.73 Å². The lowest BCUT2D eigenvalue weighted by Crippen LogP contribution is -2.28. The molecule has 0 saturated heterocycles. The molecular weight excluding hydrogens is 224 g/mol. The van der Waals surface area contributed by atoms with Crippen LogP contribution in [-0.2, 0) is 4.79 Å². The van der Waals surface area contributed by atoms with E-state index in [4.69, 9.17) is 15.9 Å². The second kappa shape index (κ2) is 4.42. The molecule has 2 unspecified atom stereocenters. The molecule has 2 atom stereocenters. The minimum Gasteiger partial charge on any atom is -0.479 e. The molecule has 5 N–H and O–H groups in total. The molecule has 1 rings (SSSR count). The van der Waals surface area contributed by atoms with E-state index in [1.165, 1.54) is 0 Å². The SMILES string of the molecule is Nc1c(F)cc(F)cc1C(O)C(O)C(=O)O. The van der Waals surface area contributed by atoms with Gasteiger partial charge in [0.1, 0.15) is 17.7 Å². The van der Waals surface area contributed by atoms with Gasteiger partial charge >= 0.3 is 5.97 Å². The van der Waals surface area contributed by atoms with Gasteiger partial charge in [-0.25, -0.2) is 13.6 Å². The lowest BCUT2D eigenvalue weighted by Gasteiger charge is -2.16. The minimum absolute atomic E-state index is 0.485. The molecule has 0 aromatic heterocycles. The largest absolute Gasteiger partial charge is 0.479 e. The zero-order valence-corrected chi connectivity index (χ0v) is 7.89. The predicted octanol–water partition coefficient (Wildman–Crippen LogP) is 0.0259. The van der Waals surface area contributed by atoms with E-state index in [1.807, 2.05) is 0 Å². The normalized spacial score (nSPS) is 14.5. The van der Waals surface area contributed by atoms with Crippen LogP contribution in [0, 0.1) is 11.6 Å². The Morgan fingerprint density at radius 1 is 1.31 bits per heavy atom. The van der Waals surface area contributed by atoms with Crippen LogP contribution in [0.4, 0.5) is 14.5 Å². The standard InChI is InChI=1S/C9H9F2NO4/c10-3-1-4(6(12)5(11)2-3)7(13)8(14)9(15)16/h1-2,7-8,13-14H,12H2,(H,15,16). The number of aliphatic hydroxyl groups is 2. The lowest BCUT2D eigenvalue weighted by atomic mass is 10.0. The van der Waals surface area contributed by atoms with E-state index in [2.05, 4.69) is 0 Å². The number of carboxylic acids is 1. The number of nitrogen functional groups attached to an aromatic ring is 1. The van der Waals surface area contributed by atoms with Gasteiger partial charge in [0.05, 0.1) is 5.69 Å². The highest BCUT2D eigenvalue weighted by molar-refractivity contribution is 5.73. The molecule has 88 valence electrons. The Morgan fingerprint density at radius 3 is 2.38 bits per heavy atom. The Hall–Kier alpha value is -1.73. The van der Waals surface area contributed by atoms with Crippen molar-refractivity contribution in [3.8, 4) is 0 Å². The van der Waals surface area contributed by atoms with Gasteiger partial charge in [-0.2, -0.15) is 0 Å². The topological polar surface area (TPSA) is 104 Å². The number of nitrogens with two attached hydrogens (primary N) is 1. The molecule has 0 bridgehead atoms. The van der Waals surface area contributed by atoms with Gasteiger partial charge in [0.15, 0.2) is 6.10 Å². The van der Waals surface area contributed by atoms with Crippen molar-refractivity contribution in [2.24, 2.45) is 0 Å². The first-order valence-corrected chi connectivity index (χ1v) is 4.18. The fourth-order valence-electron chi connectivity index (χ4n) is 1.15. The maximum absolute atomic E-state index is 13.0. The van der Waals surface area contributed by atoms with E-state index in [0.717, 1.165) is 0 Å². The smallest absolute Gasteiger partial charge is 0.335 e. The van der Waals surface area contributed by atoms with Gasteiger partial charge in [0.25, 0.3) is 0 Å². The van der Waals surface area contributed by atoms with E-state index in [-0.39, 0.29) is 0 Å². The van der Waals surface area contributed by atoms with Gasteiger partial charge in [0, 0.05) is 11.6 Å². The summed E-state index contributed by atoms with van der Waals surface area (Å²) >= 11 is 0. The van der Waals surface area contributed by atoms with E-state index in [1.54, 1.807) is 0 Å². The van der Waals surface area contributed by atoms with Crippen LogP contribution in [0.25, 0.3) is 0 Å². The summed E-state index contributed by atoms with van der Waals surface area (Å²) in [6.45, 7) is 0. The second-order valence-electron chi connectivity index (χ2n) is 3.12. The van der Waals surface area contributed by atoms with Crippen LogP contribution >= 0.6 is 0 Å². The fourth-order valence-corrected chi connectivity index (χ4v) is 1.15. The zero-order chi connectivity index (χ0) is 12.5. The van der Waals surface area contributed by atoms with Crippen LogP contribution in [0.2, 0.25) is 0 Å². The molecule has 0 saturated carbocycles. The summed E-state index contributed by atoms with van der Waals surface area (Å²) in [5, 5.41) is 26.8. The number of carboxylic acid groups (broad SMARTS) is 1. The molecular formula is C9H9F2NO4. The van der Waals surface area contributed by atoms with Crippen molar-refractivity contribution < 1.29 is 28.9 Å². The number of carbonyl (C=O) groups is 1. The number of hydrogen-bond acceptors (Lipinski definition) is 4. The third kappa shape index (κ3) is 2.26. The number of aliphatic carboxylic acids is 1. The average Bonchev–Trinajstić information content (AvgIpc) is 2.21.